The molecule has 1 heterocycles. The van der Waals surface area contributed by atoms with Crippen LogP contribution in [0.1, 0.15) is 26.3 Å². The van der Waals surface area contributed by atoms with Gasteiger partial charge in [-0.3, -0.25) is 0 Å². The molecule has 0 unspecified atom stereocenters. The fourth-order valence-electron chi connectivity index (χ4n) is 2.10. The Kier molecular flexibility index (Phi) is 5.62. The first kappa shape index (κ1) is 18.0. The first-order valence-corrected chi connectivity index (χ1v) is 7.94. The van der Waals surface area contributed by atoms with E-state index >= 15 is 0 Å². The molecule has 3 N–H and O–H groups in total. The summed E-state index contributed by atoms with van der Waals surface area (Å²) in [5.74, 6) is 0.0339. The summed E-state index contributed by atoms with van der Waals surface area (Å²) < 4.78 is 5.50. The molecule has 1 aromatic carbocycles. The summed E-state index contributed by atoms with van der Waals surface area (Å²) in [7, 11) is 0. The SMILES string of the molecule is CC(C)(C)OC(=O)[C@@H](Cc1ccccc1)Nc1cc(Cl)nc(N)n1. The Balaban J connectivity index is 2.22. The van der Waals surface area contributed by atoms with E-state index in [1.54, 1.807) is 0 Å². The number of carbonyl (C=O) groups excluding carboxylic acids is 1. The Labute approximate surface area is 146 Å². The first-order chi connectivity index (χ1) is 11.2. The van der Waals surface area contributed by atoms with Gasteiger partial charge in [-0.15, -0.1) is 0 Å². The van der Waals surface area contributed by atoms with Crippen molar-refractivity contribution in [1.29, 1.82) is 0 Å². The lowest BCUT2D eigenvalue weighted by molar-refractivity contribution is -0.155. The van der Waals surface area contributed by atoms with Gasteiger partial charge in [-0.2, -0.15) is 4.98 Å². The van der Waals surface area contributed by atoms with Gasteiger partial charge in [0, 0.05) is 12.5 Å². The number of nitrogen functional groups attached to an aromatic ring is 1. The summed E-state index contributed by atoms with van der Waals surface area (Å²) in [5, 5.41) is 3.24. The maximum atomic E-state index is 12.5. The lowest BCUT2D eigenvalue weighted by Crippen LogP contribution is -2.38. The van der Waals surface area contributed by atoms with Gasteiger partial charge >= 0.3 is 5.97 Å². The Morgan fingerprint density at radius 1 is 1.29 bits per heavy atom. The fourth-order valence-corrected chi connectivity index (χ4v) is 2.29. The summed E-state index contributed by atoms with van der Waals surface area (Å²) in [6, 6.07) is 10.5. The van der Waals surface area contributed by atoms with Crippen LogP contribution < -0.4 is 11.1 Å². The maximum Gasteiger partial charge on any atom is 0.329 e. The first-order valence-electron chi connectivity index (χ1n) is 7.56. The number of aromatic nitrogens is 2. The predicted octanol–water partition coefficient (Wildman–Crippen LogP) is 3.08. The highest BCUT2D eigenvalue weighted by Gasteiger charge is 2.26. The number of nitrogens with one attached hydrogen (secondary N) is 1. The molecule has 0 saturated carbocycles. The van der Waals surface area contributed by atoms with Gasteiger partial charge in [-0.05, 0) is 26.3 Å². The van der Waals surface area contributed by atoms with E-state index in [0.717, 1.165) is 5.56 Å². The number of benzene rings is 1. The van der Waals surface area contributed by atoms with Gasteiger partial charge in [0.25, 0.3) is 0 Å². The molecule has 6 nitrogen and oxygen atoms in total. The van der Waals surface area contributed by atoms with Gasteiger partial charge in [-0.1, -0.05) is 41.9 Å². The molecule has 0 bridgehead atoms. The summed E-state index contributed by atoms with van der Waals surface area (Å²) >= 11 is 5.89. The number of nitrogens with zero attached hydrogens (tertiary/aromatic N) is 2. The lowest BCUT2D eigenvalue weighted by atomic mass is 10.1. The number of hydrogen-bond donors (Lipinski definition) is 2. The molecule has 1 atom stereocenters. The van der Waals surface area contributed by atoms with Crippen molar-refractivity contribution in [3.63, 3.8) is 0 Å². The van der Waals surface area contributed by atoms with Crippen LogP contribution in [0.5, 0.6) is 0 Å². The molecule has 128 valence electrons. The molecular formula is C17H21ClN4O2. The molecule has 0 spiro atoms. The van der Waals surface area contributed by atoms with Crippen molar-refractivity contribution in [2.75, 3.05) is 11.1 Å². The summed E-state index contributed by atoms with van der Waals surface area (Å²) in [4.78, 5) is 20.4. The minimum atomic E-state index is -0.628. The van der Waals surface area contributed by atoms with E-state index in [-0.39, 0.29) is 17.1 Å². The number of esters is 1. The maximum absolute atomic E-state index is 12.5. The van der Waals surface area contributed by atoms with Crippen molar-refractivity contribution in [3.8, 4) is 0 Å². The van der Waals surface area contributed by atoms with Gasteiger partial charge in [0.2, 0.25) is 5.95 Å². The highest BCUT2D eigenvalue weighted by atomic mass is 35.5. The predicted molar refractivity (Wildman–Crippen MR) is 94.9 cm³/mol. The van der Waals surface area contributed by atoms with E-state index in [0.29, 0.717) is 12.2 Å². The molecule has 0 saturated heterocycles. The van der Waals surface area contributed by atoms with E-state index in [1.165, 1.54) is 6.07 Å². The van der Waals surface area contributed by atoms with E-state index in [2.05, 4.69) is 15.3 Å². The number of anilines is 2. The highest BCUT2D eigenvalue weighted by molar-refractivity contribution is 6.29. The smallest absolute Gasteiger partial charge is 0.329 e. The van der Waals surface area contributed by atoms with Crippen LogP contribution in [0, 0.1) is 0 Å². The van der Waals surface area contributed by atoms with Crippen molar-refractivity contribution in [3.05, 3.63) is 47.1 Å². The third-order valence-electron chi connectivity index (χ3n) is 3.01. The minimum Gasteiger partial charge on any atom is -0.458 e. The van der Waals surface area contributed by atoms with Gasteiger partial charge in [-0.25, -0.2) is 9.78 Å². The zero-order valence-corrected chi connectivity index (χ0v) is 14.7. The zero-order valence-electron chi connectivity index (χ0n) is 13.9. The van der Waals surface area contributed by atoms with E-state index in [4.69, 9.17) is 22.1 Å². The van der Waals surface area contributed by atoms with E-state index in [1.807, 2.05) is 51.1 Å². The van der Waals surface area contributed by atoms with Gasteiger partial charge in [0.1, 0.15) is 22.6 Å². The molecule has 2 rings (SSSR count). The minimum absolute atomic E-state index is 0.0349. The van der Waals surface area contributed by atoms with Crippen LogP contribution in [-0.2, 0) is 16.0 Å². The van der Waals surface area contributed by atoms with Crippen molar-refractivity contribution < 1.29 is 9.53 Å². The van der Waals surface area contributed by atoms with Crippen LogP contribution in [0.2, 0.25) is 5.15 Å². The molecule has 0 aliphatic rings. The lowest BCUT2D eigenvalue weighted by Gasteiger charge is -2.25. The van der Waals surface area contributed by atoms with Crippen molar-refractivity contribution in [1.82, 2.24) is 9.97 Å². The molecule has 0 amide bonds. The summed E-state index contributed by atoms with van der Waals surface area (Å²) in [5.41, 5.74) is 6.01. The third kappa shape index (κ3) is 5.70. The van der Waals surface area contributed by atoms with Crippen molar-refractivity contribution in [2.24, 2.45) is 0 Å². The number of ether oxygens (including phenoxy) is 1. The topological polar surface area (TPSA) is 90.1 Å². The highest BCUT2D eigenvalue weighted by Crippen LogP contribution is 2.17. The van der Waals surface area contributed by atoms with Crippen LogP contribution in [0.25, 0.3) is 0 Å². The Hall–Kier alpha value is -2.34. The van der Waals surface area contributed by atoms with Crippen LogP contribution in [0.15, 0.2) is 36.4 Å². The molecule has 24 heavy (non-hydrogen) atoms. The van der Waals surface area contributed by atoms with Crippen LogP contribution >= 0.6 is 11.6 Å². The number of carbonyl (C=O) groups is 1. The quantitative estimate of drug-likeness (QED) is 0.637. The number of hydrogen-bond acceptors (Lipinski definition) is 6. The van der Waals surface area contributed by atoms with E-state index in [9.17, 15) is 4.79 Å². The number of rotatable bonds is 5. The number of halogens is 1. The van der Waals surface area contributed by atoms with Gasteiger partial charge < -0.3 is 15.8 Å². The van der Waals surface area contributed by atoms with Crippen molar-refractivity contribution >= 4 is 29.3 Å². The largest absolute Gasteiger partial charge is 0.458 e. The molecule has 0 aliphatic heterocycles. The average Bonchev–Trinajstić information content (AvgIpc) is 2.45. The molecule has 0 radical (unpaired) electrons. The van der Waals surface area contributed by atoms with Crippen LogP contribution in [0.3, 0.4) is 0 Å². The molecule has 7 heteroatoms. The second kappa shape index (κ2) is 7.49. The molecular weight excluding hydrogens is 328 g/mol. The molecule has 1 aromatic heterocycles. The molecule has 2 aromatic rings. The second-order valence-corrected chi connectivity index (χ2v) is 6.74. The fraction of sp³-hybridized carbons (Fsp3) is 0.353. The van der Waals surface area contributed by atoms with E-state index < -0.39 is 11.6 Å². The molecule has 0 fully saturated rings. The monoisotopic (exact) mass is 348 g/mol. The average molecular weight is 349 g/mol. The Morgan fingerprint density at radius 2 is 1.96 bits per heavy atom. The van der Waals surface area contributed by atoms with Crippen LogP contribution in [-0.4, -0.2) is 27.6 Å². The molecule has 0 aliphatic carbocycles. The zero-order chi connectivity index (χ0) is 17.7. The normalized spacial score (nSPS) is 12.5. The van der Waals surface area contributed by atoms with Crippen molar-refractivity contribution in [2.45, 2.75) is 38.8 Å². The Morgan fingerprint density at radius 3 is 2.54 bits per heavy atom. The van der Waals surface area contributed by atoms with Gasteiger partial charge in [0.05, 0.1) is 0 Å². The van der Waals surface area contributed by atoms with Gasteiger partial charge in [0.15, 0.2) is 0 Å². The second-order valence-electron chi connectivity index (χ2n) is 6.35. The Bertz CT molecular complexity index is 681. The summed E-state index contributed by atoms with van der Waals surface area (Å²) in [6.45, 7) is 5.47. The number of nitrogens with two attached hydrogens (primary N) is 1. The summed E-state index contributed by atoms with van der Waals surface area (Å²) in [6.07, 6.45) is 0.442. The third-order valence-corrected chi connectivity index (χ3v) is 3.20. The standard InChI is InChI=1S/C17H21ClN4O2/c1-17(2,3)24-15(23)12(9-11-7-5-4-6-8-11)20-14-10-13(18)21-16(19)22-14/h4-8,10,12H,9H2,1-3H3,(H3,19,20,21,22)/t12-/m1/s1. The van der Waals surface area contributed by atoms with Crippen LogP contribution in [0.4, 0.5) is 11.8 Å².